The first-order valence-electron chi connectivity index (χ1n) is 12.2. The minimum absolute atomic E-state index is 0.495. The maximum Gasteiger partial charge on any atom is 0.0406 e. The highest BCUT2D eigenvalue weighted by atomic mass is 35.5. The summed E-state index contributed by atoms with van der Waals surface area (Å²) in [5.41, 5.74) is 2.88. The van der Waals surface area contributed by atoms with E-state index in [0.29, 0.717) is 6.04 Å². The zero-order valence-electron chi connectivity index (χ0n) is 19.1. The van der Waals surface area contributed by atoms with Crippen LogP contribution in [-0.4, -0.2) is 19.0 Å². The van der Waals surface area contributed by atoms with Crippen LogP contribution in [0.1, 0.15) is 68.5 Å². The maximum atomic E-state index is 6.15. The number of hydrogen-bond donors (Lipinski definition) is 0. The summed E-state index contributed by atoms with van der Waals surface area (Å²) in [5.74, 6) is 3.39. The fraction of sp³-hybridized carbons (Fsp3) is 0.571. The van der Waals surface area contributed by atoms with Crippen molar-refractivity contribution in [3.8, 4) is 0 Å². The molecule has 3 unspecified atom stereocenters. The van der Waals surface area contributed by atoms with Gasteiger partial charge >= 0.3 is 0 Å². The molecule has 0 saturated heterocycles. The minimum atomic E-state index is 0.495. The van der Waals surface area contributed by atoms with Crippen LogP contribution in [0.2, 0.25) is 10.0 Å². The first-order valence-corrected chi connectivity index (χ1v) is 12.9. The summed E-state index contributed by atoms with van der Waals surface area (Å²) in [5, 5.41) is 1.67. The quantitative estimate of drug-likeness (QED) is 0.420. The first kappa shape index (κ1) is 23.1. The Kier molecular flexibility index (Phi) is 8.01. The molecule has 0 amide bonds. The molecule has 0 spiro atoms. The molecular formula is C28H37Cl2N. The summed E-state index contributed by atoms with van der Waals surface area (Å²) < 4.78 is 0. The van der Waals surface area contributed by atoms with Crippen molar-refractivity contribution >= 4 is 23.2 Å². The van der Waals surface area contributed by atoms with Gasteiger partial charge in [-0.25, -0.2) is 0 Å². The average molecular weight is 459 g/mol. The van der Waals surface area contributed by atoms with Crippen molar-refractivity contribution < 1.29 is 0 Å². The van der Waals surface area contributed by atoms with Gasteiger partial charge in [-0.05, 0) is 118 Å². The Balaban J connectivity index is 1.40. The Morgan fingerprint density at radius 2 is 1.35 bits per heavy atom. The third kappa shape index (κ3) is 5.86. The van der Waals surface area contributed by atoms with Gasteiger partial charge < -0.3 is 4.90 Å². The van der Waals surface area contributed by atoms with Crippen molar-refractivity contribution in [1.82, 2.24) is 4.90 Å². The van der Waals surface area contributed by atoms with E-state index in [4.69, 9.17) is 23.2 Å². The highest BCUT2D eigenvalue weighted by Crippen LogP contribution is 2.47. The number of benzene rings is 2. The van der Waals surface area contributed by atoms with Gasteiger partial charge in [0.2, 0.25) is 0 Å². The molecule has 3 atom stereocenters. The normalized spacial score (nSPS) is 27.9. The molecular weight excluding hydrogens is 421 g/mol. The van der Waals surface area contributed by atoms with E-state index < -0.39 is 0 Å². The lowest BCUT2D eigenvalue weighted by Crippen LogP contribution is -2.34. The molecule has 2 aromatic carbocycles. The Morgan fingerprint density at radius 1 is 0.774 bits per heavy atom. The van der Waals surface area contributed by atoms with Gasteiger partial charge in [-0.1, -0.05) is 60.3 Å². The molecule has 0 bridgehead atoms. The fourth-order valence-electron chi connectivity index (χ4n) is 6.57. The van der Waals surface area contributed by atoms with Gasteiger partial charge in [-0.2, -0.15) is 0 Å². The predicted octanol–water partition coefficient (Wildman–Crippen LogP) is 8.45. The van der Waals surface area contributed by atoms with E-state index in [1.807, 2.05) is 12.1 Å². The van der Waals surface area contributed by atoms with Crippen molar-refractivity contribution in [2.45, 2.75) is 63.8 Å². The number of halogens is 2. The second-order valence-corrected chi connectivity index (χ2v) is 11.0. The van der Waals surface area contributed by atoms with E-state index in [9.17, 15) is 0 Å². The molecule has 4 rings (SSSR count). The van der Waals surface area contributed by atoms with Gasteiger partial charge in [0.15, 0.2) is 0 Å². The van der Waals surface area contributed by atoms with E-state index in [2.05, 4.69) is 55.4 Å². The summed E-state index contributed by atoms with van der Waals surface area (Å²) >= 11 is 12.3. The van der Waals surface area contributed by atoms with Gasteiger partial charge in [0.1, 0.15) is 0 Å². The van der Waals surface area contributed by atoms with Crippen molar-refractivity contribution in [2.24, 2.45) is 23.7 Å². The number of rotatable bonds is 6. The molecule has 2 aliphatic carbocycles. The van der Waals surface area contributed by atoms with Crippen LogP contribution in [0.5, 0.6) is 0 Å². The summed E-state index contributed by atoms with van der Waals surface area (Å²) in [6.45, 7) is 0. The van der Waals surface area contributed by atoms with Crippen molar-refractivity contribution in [3.05, 3.63) is 69.7 Å². The van der Waals surface area contributed by atoms with Crippen LogP contribution in [0, 0.1) is 23.7 Å². The molecule has 0 N–H and O–H groups in total. The van der Waals surface area contributed by atoms with Crippen LogP contribution in [0.4, 0.5) is 0 Å². The zero-order valence-corrected chi connectivity index (χ0v) is 20.6. The van der Waals surface area contributed by atoms with Crippen molar-refractivity contribution in [1.29, 1.82) is 0 Å². The Hall–Kier alpha value is -1.02. The third-order valence-corrected chi connectivity index (χ3v) is 8.52. The summed E-state index contributed by atoms with van der Waals surface area (Å²) in [7, 11) is 4.46. The molecule has 0 radical (unpaired) electrons. The highest BCUT2D eigenvalue weighted by Gasteiger charge is 2.36. The van der Waals surface area contributed by atoms with Crippen molar-refractivity contribution in [3.63, 3.8) is 0 Å². The molecule has 2 aromatic rings. The molecule has 0 aliphatic heterocycles. The molecule has 2 fully saturated rings. The molecule has 2 aliphatic rings. The lowest BCUT2D eigenvalue weighted by Gasteiger charge is -2.43. The van der Waals surface area contributed by atoms with Crippen LogP contribution in [0.3, 0.4) is 0 Å². The van der Waals surface area contributed by atoms with Crippen molar-refractivity contribution in [2.75, 3.05) is 14.1 Å². The second-order valence-electron chi connectivity index (χ2n) is 10.2. The smallest absolute Gasteiger partial charge is 0.0406 e. The van der Waals surface area contributed by atoms with Gasteiger partial charge in [-0.3, -0.25) is 0 Å². The molecule has 3 heteroatoms. The Labute approximate surface area is 199 Å². The van der Waals surface area contributed by atoms with Crippen LogP contribution in [0.25, 0.3) is 0 Å². The number of nitrogens with zero attached hydrogens (tertiary/aromatic N) is 1. The average Bonchev–Trinajstić information content (AvgIpc) is 2.78. The molecule has 2 saturated carbocycles. The van der Waals surface area contributed by atoms with Crippen LogP contribution in [0.15, 0.2) is 48.5 Å². The Bertz CT molecular complexity index is 806. The summed E-state index contributed by atoms with van der Waals surface area (Å²) in [6, 6.07) is 17.6. The first-order chi connectivity index (χ1) is 15.0. The van der Waals surface area contributed by atoms with Gasteiger partial charge in [0, 0.05) is 16.1 Å². The van der Waals surface area contributed by atoms with Gasteiger partial charge in [0.25, 0.3) is 0 Å². The SMILES string of the molecule is CN(C)C(c1ccc(Cl)cc1)C1CCC(C2CCCCC2Cc2ccc(Cl)cc2)CC1. The summed E-state index contributed by atoms with van der Waals surface area (Å²) in [4.78, 5) is 2.41. The van der Waals surface area contributed by atoms with E-state index in [-0.39, 0.29) is 0 Å². The second kappa shape index (κ2) is 10.7. The van der Waals surface area contributed by atoms with Gasteiger partial charge in [0.05, 0.1) is 0 Å². The largest absolute Gasteiger partial charge is 0.302 e. The monoisotopic (exact) mass is 457 g/mol. The molecule has 168 valence electrons. The van der Waals surface area contributed by atoms with Crippen LogP contribution >= 0.6 is 23.2 Å². The minimum Gasteiger partial charge on any atom is -0.302 e. The standard InChI is InChI=1S/C28H37Cl2N/c1-31(2)28(23-13-17-26(30)18-14-23)22-11-9-21(10-12-22)27-6-4-3-5-24(27)19-20-7-15-25(29)16-8-20/h7-8,13-18,21-22,24,27-28H,3-6,9-12,19H2,1-2H3. The molecule has 1 nitrogen and oxygen atoms in total. The van der Waals surface area contributed by atoms with E-state index in [1.165, 1.54) is 68.9 Å². The van der Waals surface area contributed by atoms with Crippen LogP contribution < -0.4 is 0 Å². The summed E-state index contributed by atoms with van der Waals surface area (Å²) in [6.07, 6.45) is 12.4. The topological polar surface area (TPSA) is 3.24 Å². The van der Waals surface area contributed by atoms with Crippen LogP contribution in [-0.2, 0) is 6.42 Å². The third-order valence-electron chi connectivity index (χ3n) is 8.02. The molecule has 31 heavy (non-hydrogen) atoms. The highest BCUT2D eigenvalue weighted by molar-refractivity contribution is 6.30. The lowest BCUT2D eigenvalue weighted by molar-refractivity contribution is 0.0850. The van der Waals surface area contributed by atoms with E-state index in [0.717, 1.165) is 33.7 Å². The predicted molar refractivity (Wildman–Crippen MR) is 134 cm³/mol. The zero-order chi connectivity index (χ0) is 21.8. The maximum absolute atomic E-state index is 6.15. The fourth-order valence-corrected chi connectivity index (χ4v) is 6.83. The van der Waals surface area contributed by atoms with E-state index >= 15 is 0 Å². The molecule has 0 heterocycles. The Morgan fingerprint density at radius 3 is 1.97 bits per heavy atom. The lowest BCUT2D eigenvalue weighted by atomic mass is 9.64. The van der Waals surface area contributed by atoms with E-state index in [1.54, 1.807) is 0 Å². The number of hydrogen-bond acceptors (Lipinski definition) is 1. The molecule has 0 aromatic heterocycles. The van der Waals surface area contributed by atoms with Gasteiger partial charge in [-0.15, -0.1) is 0 Å².